The molecule has 0 bridgehead atoms. The third kappa shape index (κ3) is 2.94. The van der Waals surface area contributed by atoms with E-state index in [4.69, 9.17) is 5.73 Å². The van der Waals surface area contributed by atoms with Gasteiger partial charge in [0.2, 0.25) is 5.91 Å². The van der Waals surface area contributed by atoms with Crippen molar-refractivity contribution in [3.63, 3.8) is 0 Å². The molecule has 0 aliphatic carbocycles. The maximum absolute atomic E-state index is 11.9. The molecular formula is C12H24N2O. The first-order valence-electron chi connectivity index (χ1n) is 6.07. The summed E-state index contributed by atoms with van der Waals surface area (Å²) in [7, 11) is 0. The number of nitrogens with two attached hydrogens (primary N) is 1. The minimum absolute atomic E-state index is 0.136. The summed E-state index contributed by atoms with van der Waals surface area (Å²) >= 11 is 0. The molecule has 1 heterocycles. The summed E-state index contributed by atoms with van der Waals surface area (Å²) < 4.78 is 0. The molecule has 1 fully saturated rings. The van der Waals surface area contributed by atoms with Crippen LogP contribution in [-0.4, -0.2) is 29.9 Å². The molecule has 2 atom stereocenters. The minimum Gasteiger partial charge on any atom is -0.341 e. The van der Waals surface area contributed by atoms with Gasteiger partial charge in [0, 0.05) is 13.1 Å². The SMILES string of the molecule is CC[C@H](N)C(=O)N1CCCC(C)(CC)C1. The molecule has 3 nitrogen and oxygen atoms in total. The Balaban J connectivity index is 2.60. The van der Waals surface area contributed by atoms with Crippen LogP contribution in [0.15, 0.2) is 0 Å². The Hall–Kier alpha value is -0.570. The monoisotopic (exact) mass is 212 g/mol. The molecule has 1 rings (SSSR count). The third-order valence-electron chi connectivity index (χ3n) is 3.70. The van der Waals surface area contributed by atoms with E-state index in [9.17, 15) is 4.79 Å². The second-order valence-corrected chi connectivity index (χ2v) is 5.04. The molecule has 15 heavy (non-hydrogen) atoms. The summed E-state index contributed by atoms with van der Waals surface area (Å²) in [6.45, 7) is 8.21. The van der Waals surface area contributed by atoms with E-state index in [2.05, 4.69) is 13.8 Å². The smallest absolute Gasteiger partial charge is 0.239 e. The molecule has 1 saturated heterocycles. The van der Waals surface area contributed by atoms with Crippen LogP contribution >= 0.6 is 0 Å². The zero-order chi connectivity index (χ0) is 11.5. The molecule has 1 aliphatic heterocycles. The van der Waals surface area contributed by atoms with E-state index in [0.29, 0.717) is 5.41 Å². The molecule has 2 N–H and O–H groups in total. The van der Waals surface area contributed by atoms with Crippen LogP contribution < -0.4 is 5.73 Å². The van der Waals surface area contributed by atoms with Gasteiger partial charge >= 0.3 is 0 Å². The van der Waals surface area contributed by atoms with E-state index in [0.717, 1.165) is 32.4 Å². The fourth-order valence-corrected chi connectivity index (χ4v) is 2.20. The summed E-state index contributed by atoms with van der Waals surface area (Å²) in [5.74, 6) is 0.136. The van der Waals surface area contributed by atoms with Gasteiger partial charge in [-0.2, -0.15) is 0 Å². The number of rotatable bonds is 3. The van der Waals surface area contributed by atoms with Crippen LogP contribution in [-0.2, 0) is 4.79 Å². The summed E-state index contributed by atoms with van der Waals surface area (Å²) in [5.41, 5.74) is 6.09. The van der Waals surface area contributed by atoms with Gasteiger partial charge in [-0.1, -0.05) is 20.8 Å². The first-order chi connectivity index (χ1) is 7.02. The molecule has 0 aromatic carbocycles. The van der Waals surface area contributed by atoms with E-state index in [1.807, 2.05) is 11.8 Å². The van der Waals surface area contributed by atoms with Gasteiger partial charge in [0.1, 0.15) is 0 Å². The summed E-state index contributed by atoms with van der Waals surface area (Å²) in [4.78, 5) is 13.9. The highest BCUT2D eigenvalue weighted by atomic mass is 16.2. The Morgan fingerprint density at radius 2 is 2.20 bits per heavy atom. The second-order valence-electron chi connectivity index (χ2n) is 5.04. The predicted octanol–water partition coefficient (Wildman–Crippen LogP) is 1.76. The first-order valence-corrected chi connectivity index (χ1v) is 6.07. The number of carbonyl (C=O) groups is 1. The number of carbonyl (C=O) groups excluding carboxylic acids is 1. The van der Waals surface area contributed by atoms with E-state index in [1.54, 1.807) is 0 Å². The molecule has 1 amide bonds. The Morgan fingerprint density at radius 1 is 1.53 bits per heavy atom. The van der Waals surface area contributed by atoms with Crippen molar-refractivity contribution >= 4 is 5.91 Å². The van der Waals surface area contributed by atoms with Crippen molar-refractivity contribution in [1.29, 1.82) is 0 Å². The van der Waals surface area contributed by atoms with Crippen LogP contribution in [0.1, 0.15) is 46.5 Å². The van der Waals surface area contributed by atoms with Crippen LogP contribution in [0.4, 0.5) is 0 Å². The lowest BCUT2D eigenvalue weighted by molar-refractivity contribution is -0.136. The molecule has 0 radical (unpaired) electrons. The van der Waals surface area contributed by atoms with Crippen molar-refractivity contribution in [2.75, 3.05) is 13.1 Å². The maximum Gasteiger partial charge on any atom is 0.239 e. The molecule has 3 heteroatoms. The maximum atomic E-state index is 11.9. The lowest BCUT2D eigenvalue weighted by Gasteiger charge is -2.40. The fraction of sp³-hybridized carbons (Fsp3) is 0.917. The normalized spacial score (nSPS) is 28.9. The van der Waals surface area contributed by atoms with E-state index in [1.165, 1.54) is 6.42 Å². The predicted molar refractivity (Wildman–Crippen MR) is 62.5 cm³/mol. The van der Waals surface area contributed by atoms with Crippen LogP contribution in [0.25, 0.3) is 0 Å². The first kappa shape index (κ1) is 12.5. The van der Waals surface area contributed by atoms with Gasteiger partial charge < -0.3 is 10.6 Å². The highest BCUT2D eigenvalue weighted by Crippen LogP contribution is 2.32. The molecule has 1 unspecified atom stereocenters. The molecule has 0 saturated carbocycles. The van der Waals surface area contributed by atoms with Crippen LogP contribution in [0, 0.1) is 5.41 Å². The van der Waals surface area contributed by atoms with Crippen molar-refractivity contribution in [2.24, 2.45) is 11.1 Å². The molecule has 0 spiro atoms. The largest absolute Gasteiger partial charge is 0.341 e. The van der Waals surface area contributed by atoms with E-state index >= 15 is 0 Å². The third-order valence-corrected chi connectivity index (χ3v) is 3.70. The van der Waals surface area contributed by atoms with Gasteiger partial charge in [0.05, 0.1) is 6.04 Å². The minimum atomic E-state index is -0.302. The van der Waals surface area contributed by atoms with Crippen LogP contribution in [0.2, 0.25) is 0 Å². The Morgan fingerprint density at radius 3 is 2.73 bits per heavy atom. The van der Waals surface area contributed by atoms with Crippen molar-refractivity contribution in [2.45, 2.75) is 52.5 Å². The summed E-state index contributed by atoms with van der Waals surface area (Å²) in [5, 5.41) is 0. The van der Waals surface area contributed by atoms with E-state index in [-0.39, 0.29) is 11.9 Å². The van der Waals surface area contributed by atoms with Crippen LogP contribution in [0.3, 0.4) is 0 Å². The lowest BCUT2D eigenvalue weighted by atomic mass is 9.79. The number of hydrogen-bond donors (Lipinski definition) is 1. The number of hydrogen-bond acceptors (Lipinski definition) is 2. The van der Waals surface area contributed by atoms with E-state index < -0.39 is 0 Å². The number of amides is 1. The summed E-state index contributed by atoms with van der Waals surface area (Å²) in [6, 6.07) is -0.302. The highest BCUT2D eigenvalue weighted by molar-refractivity contribution is 5.81. The van der Waals surface area contributed by atoms with Crippen molar-refractivity contribution in [3.8, 4) is 0 Å². The molecule has 0 aromatic heterocycles. The molecule has 0 aromatic rings. The van der Waals surface area contributed by atoms with Crippen LogP contribution in [0.5, 0.6) is 0 Å². The van der Waals surface area contributed by atoms with Crippen molar-refractivity contribution in [1.82, 2.24) is 4.90 Å². The Labute approximate surface area is 93.0 Å². The lowest BCUT2D eigenvalue weighted by Crippen LogP contribution is -2.50. The molecular weight excluding hydrogens is 188 g/mol. The van der Waals surface area contributed by atoms with Gasteiger partial charge in [-0.25, -0.2) is 0 Å². The van der Waals surface area contributed by atoms with Gasteiger partial charge in [0.15, 0.2) is 0 Å². The van der Waals surface area contributed by atoms with Gasteiger partial charge in [-0.05, 0) is 31.1 Å². The average molecular weight is 212 g/mol. The zero-order valence-electron chi connectivity index (χ0n) is 10.3. The Kier molecular flexibility index (Phi) is 4.14. The summed E-state index contributed by atoms with van der Waals surface area (Å²) in [6.07, 6.45) is 4.22. The molecule has 88 valence electrons. The second kappa shape index (κ2) is 4.97. The standard InChI is InChI=1S/C12H24N2O/c1-4-10(13)11(15)14-8-6-7-12(3,5-2)9-14/h10H,4-9,13H2,1-3H3/t10-,12?/m0/s1. The van der Waals surface area contributed by atoms with Gasteiger partial charge in [0.25, 0.3) is 0 Å². The average Bonchev–Trinajstić information content (AvgIpc) is 2.27. The number of nitrogens with zero attached hydrogens (tertiary/aromatic N) is 1. The zero-order valence-corrected chi connectivity index (χ0v) is 10.3. The van der Waals surface area contributed by atoms with Crippen molar-refractivity contribution < 1.29 is 4.79 Å². The van der Waals surface area contributed by atoms with Gasteiger partial charge in [-0.15, -0.1) is 0 Å². The number of likely N-dealkylation sites (tertiary alicyclic amines) is 1. The van der Waals surface area contributed by atoms with Gasteiger partial charge in [-0.3, -0.25) is 4.79 Å². The quantitative estimate of drug-likeness (QED) is 0.775. The molecule has 1 aliphatic rings. The fourth-order valence-electron chi connectivity index (χ4n) is 2.20. The topological polar surface area (TPSA) is 46.3 Å². The van der Waals surface area contributed by atoms with Crippen molar-refractivity contribution in [3.05, 3.63) is 0 Å². The number of piperidine rings is 1. The Bertz CT molecular complexity index is 230. The highest BCUT2D eigenvalue weighted by Gasteiger charge is 2.32.